The van der Waals surface area contributed by atoms with Crippen molar-refractivity contribution in [3.8, 4) is 0 Å². The van der Waals surface area contributed by atoms with Crippen molar-refractivity contribution < 1.29 is 17.6 Å². The summed E-state index contributed by atoms with van der Waals surface area (Å²) < 4.78 is 30.2. The molecule has 1 saturated carbocycles. The van der Waals surface area contributed by atoms with E-state index < -0.39 is 10.0 Å². The van der Waals surface area contributed by atoms with Gasteiger partial charge >= 0.3 is 0 Å². The van der Waals surface area contributed by atoms with E-state index in [9.17, 15) is 13.2 Å². The Balaban J connectivity index is 2.04. The molecule has 1 fully saturated rings. The van der Waals surface area contributed by atoms with Gasteiger partial charge in [-0.2, -0.15) is 0 Å². The first-order valence-corrected chi connectivity index (χ1v) is 7.85. The maximum atomic E-state index is 11.9. The van der Waals surface area contributed by atoms with Gasteiger partial charge in [0, 0.05) is 6.04 Å². The molecule has 0 radical (unpaired) electrons. The Morgan fingerprint density at radius 2 is 1.95 bits per heavy atom. The second-order valence-electron chi connectivity index (χ2n) is 4.63. The molecule has 106 valence electrons. The van der Waals surface area contributed by atoms with Crippen LogP contribution < -0.4 is 10.0 Å². The van der Waals surface area contributed by atoms with E-state index >= 15 is 0 Å². The Labute approximate surface area is 112 Å². The normalized spacial score (nSPS) is 17.3. The zero-order chi connectivity index (χ0) is 13.9. The minimum atomic E-state index is -3.64. The molecular formula is C12H18N2O4S. The van der Waals surface area contributed by atoms with E-state index in [-0.39, 0.29) is 22.8 Å². The number of furan rings is 1. The first-order valence-electron chi connectivity index (χ1n) is 6.37. The summed E-state index contributed by atoms with van der Waals surface area (Å²) in [6.07, 6.45) is 5.37. The third-order valence-electron chi connectivity index (χ3n) is 3.28. The molecule has 1 heterocycles. The van der Waals surface area contributed by atoms with Crippen LogP contribution >= 0.6 is 0 Å². The monoisotopic (exact) mass is 286 g/mol. The highest BCUT2D eigenvalue weighted by Gasteiger charge is 2.22. The Kier molecular flexibility index (Phi) is 4.26. The fraction of sp³-hybridized carbons (Fsp3) is 0.583. The Bertz CT molecular complexity index is 544. The van der Waals surface area contributed by atoms with Crippen molar-refractivity contribution in [3.63, 3.8) is 0 Å². The lowest BCUT2D eigenvalue weighted by molar-refractivity contribution is 0.0894. The molecule has 2 rings (SSSR count). The number of sulfonamides is 1. The van der Waals surface area contributed by atoms with Gasteiger partial charge in [0.15, 0.2) is 5.76 Å². The molecule has 0 spiro atoms. The third-order valence-corrected chi connectivity index (χ3v) is 4.57. The van der Waals surface area contributed by atoms with Gasteiger partial charge in [-0.25, -0.2) is 13.1 Å². The van der Waals surface area contributed by atoms with E-state index in [0.29, 0.717) is 0 Å². The van der Waals surface area contributed by atoms with Gasteiger partial charge in [-0.15, -0.1) is 0 Å². The van der Waals surface area contributed by atoms with Gasteiger partial charge in [-0.3, -0.25) is 4.79 Å². The van der Waals surface area contributed by atoms with E-state index in [1.54, 1.807) is 0 Å². The lowest BCUT2D eigenvalue weighted by Crippen LogP contribution is -2.35. The molecule has 1 amide bonds. The summed E-state index contributed by atoms with van der Waals surface area (Å²) in [7, 11) is -2.35. The first kappa shape index (κ1) is 14.1. The van der Waals surface area contributed by atoms with Crippen molar-refractivity contribution in [2.24, 2.45) is 0 Å². The number of hydrogen-bond acceptors (Lipinski definition) is 4. The van der Waals surface area contributed by atoms with Gasteiger partial charge in [-0.1, -0.05) is 19.3 Å². The number of carbonyl (C=O) groups excluding carboxylic acids is 1. The average Bonchev–Trinajstić information content (AvgIpc) is 2.90. The molecule has 1 aromatic rings. The molecule has 0 atom stereocenters. The molecule has 0 aromatic carbocycles. The van der Waals surface area contributed by atoms with Gasteiger partial charge in [-0.05, 0) is 32.0 Å². The van der Waals surface area contributed by atoms with Crippen molar-refractivity contribution >= 4 is 15.9 Å². The number of carbonyl (C=O) groups is 1. The van der Waals surface area contributed by atoms with E-state index in [1.165, 1.54) is 25.6 Å². The smallest absolute Gasteiger partial charge is 0.287 e. The van der Waals surface area contributed by atoms with E-state index in [4.69, 9.17) is 4.42 Å². The molecule has 2 N–H and O–H groups in total. The summed E-state index contributed by atoms with van der Waals surface area (Å²) in [6, 6.07) is 2.82. The zero-order valence-corrected chi connectivity index (χ0v) is 11.6. The van der Waals surface area contributed by atoms with E-state index in [0.717, 1.165) is 25.7 Å². The van der Waals surface area contributed by atoms with Crippen molar-refractivity contribution in [1.82, 2.24) is 10.0 Å². The molecule has 7 heteroatoms. The predicted molar refractivity (Wildman–Crippen MR) is 69.3 cm³/mol. The summed E-state index contributed by atoms with van der Waals surface area (Å²) in [6.45, 7) is 0. The third kappa shape index (κ3) is 3.36. The highest BCUT2D eigenvalue weighted by Crippen LogP contribution is 2.19. The number of amides is 1. The Hall–Kier alpha value is -1.34. The highest BCUT2D eigenvalue weighted by molar-refractivity contribution is 7.89. The maximum absolute atomic E-state index is 11.9. The van der Waals surface area contributed by atoms with Gasteiger partial charge in [0.1, 0.15) is 0 Å². The molecule has 1 aliphatic carbocycles. The fourth-order valence-corrected chi connectivity index (χ4v) is 2.84. The predicted octanol–water partition coefficient (Wildman–Crippen LogP) is 1.25. The number of rotatable bonds is 4. The van der Waals surface area contributed by atoms with Gasteiger partial charge in [0.2, 0.25) is 5.09 Å². The van der Waals surface area contributed by atoms with Crippen LogP contribution in [-0.2, 0) is 10.0 Å². The Morgan fingerprint density at radius 3 is 2.58 bits per heavy atom. The first-order chi connectivity index (χ1) is 9.03. The zero-order valence-electron chi connectivity index (χ0n) is 10.8. The highest BCUT2D eigenvalue weighted by atomic mass is 32.2. The molecule has 0 bridgehead atoms. The quantitative estimate of drug-likeness (QED) is 0.872. The molecule has 0 aliphatic heterocycles. The second kappa shape index (κ2) is 5.75. The van der Waals surface area contributed by atoms with Crippen LogP contribution in [0.4, 0.5) is 0 Å². The van der Waals surface area contributed by atoms with Crippen LogP contribution in [0.5, 0.6) is 0 Å². The van der Waals surface area contributed by atoms with Crippen LogP contribution in [0.2, 0.25) is 0 Å². The van der Waals surface area contributed by atoms with E-state index in [2.05, 4.69) is 10.0 Å². The van der Waals surface area contributed by atoms with Crippen LogP contribution in [0.1, 0.15) is 42.7 Å². The summed E-state index contributed by atoms with van der Waals surface area (Å²) in [4.78, 5) is 11.9. The summed E-state index contributed by atoms with van der Waals surface area (Å²) in [5, 5.41) is 2.62. The molecular weight excluding hydrogens is 268 g/mol. The molecule has 0 unspecified atom stereocenters. The summed E-state index contributed by atoms with van der Waals surface area (Å²) in [5.74, 6) is -0.330. The molecule has 6 nitrogen and oxygen atoms in total. The van der Waals surface area contributed by atoms with Crippen molar-refractivity contribution in [1.29, 1.82) is 0 Å². The topological polar surface area (TPSA) is 88.4 Å². The number of nitrogens with one attached hydrogen (secondary N) is 2. The van der Waals surface area contributed by atoms with Crippen molar-refractivity contribution in [2.75, 3.05) is 7.05 Å². The molecule has 0 saturated heterocycles. The minimum Gasteiger partial charge on any atom is -0.438 e. The van der Waals surface area contributed by atoms with Crippen molar-refractivity contribution in [2.45, 2.75) is 43.2 Å². The van der Waals surface area contributed by atoms with Crippen LogP contribution in [-0.4, -0.2) is 27.4 Å². The lowest BCUT2D eigenvalue weighted by Gasteiger charge is -2.22. The van der Waals surface area contributed by atoms with E-state index in [1.807, 2.05) is 0 Å². The second-order valence-corrected chi connectivity index (χ2v) is 6.45. The fourth-order valence-electron chi connectivity index (χ4n) is 2.19. The molecule has 1 aliphatic rings. The molecule has 19 heavy (non-hydrogen) atoms. The van der Waals surface area contributed by atoms with Crippen LogP contribution in [0.25, 0.3) is 0 Å². The summed E-state index contributed by atoms with van der Waals surface area (Å²) >= 11 is 0. The van der Waals surface area contributed by atoms with Gasteiger partial charge < -0.3 is 9.73 Å². The molecule has 1 aromatic heterocycles. The van der Waals surface area contributed by atoms with Crippen molar-refractivity contribution in [3.05, 3.63) is 17.9 Å². The standard InChI is InChI=1S/C12H18N2O4S/c1-13-19(16,17)11-8-7-10(18-11)12(15)14-9-5-3-2-4-6-9/h7-9,13H,2-6H2,1H3,(H,14,15). The summed E-state index contributed by atoms with van der Waals surface area (Å²) in [5.41, 5.74) is 0. The van der Waals surface area contributed by atoms with Crippen LogP contribution in [0.3, 0.4) is 0 Å². The van der Waals surface area contributed by atoms with Gasteiger partial charge in [0.25, 0.3) is 15.9 Å². The van der Waals surface area contributed by atoms with Gasteiger partial charge in [0.05, 0.1) is 0 Å². The van der Waals surface area contributed by atoms with Crippen LogP contribution in [0.15, 0.2) is 21.6 Å². The largest absolute Gasteiger partial charge is 0.438 e. The maximum Gasteiger partial charge on any atom is 0.287 e. The Morgan fingerprint density at radius 1 is 1.26 bits per heavy atom. The number of hydrogen-bond donors (Lipinski definition) is 2. The average molecular weight is 286 g/mol. The minimum absolute atomic E-state index is 0.0272. The SMILES string of the molecule is CNS(=O)(=O)c1ccc(C(=O)NC2CCCCC2)o1. The lowest BCUT2D eigenvalue weighted by atomic mass is 9.95. The van der Waals surface area contributed by atoms with Crippen LogP contribution in [0, 0.1) is 0 Å².